The molecule has 21 heavy (non-hydrogen) atoms. The molecule has 1 aromatic carbocycles. The minimum Gasteiger partial charge on any atom is -0.477 e. The lowest BCUT2D eigenvalue weighted by Crippen LogP contribution is -2.06. The fraction of sp³-hybridized carbons (Fsp3) is 0.0714. The van der Waals surface area contributed by atoms with Crippen molar-refractivity contribution in [3.63, 3.8) is 0 Å². The Kier molecular flexibility index (Phi) is 3.65. The number of para-hydroxylation sites is 1. The van der Waals surface area contributed by atoms with Gasteiger partial charge in [-0.25, -0.2) is 14.5 Å². The highest BCUT2D eigenvalue weighted by Gasteiger charge is 2.19. The van der Waals surface area contributed by atoms with Crippen LogP contribution in [0.4, 0.5) is 0 Å². The van der Waals surface area contributed by atoms with Gasteiger partial charge in [0.25, 0.3) is 0 Å². The summed E-state index contributed by atoms with van der Waals surface area (Å²) >= 11 is 1.46. The molecule has 0 radical (unpaired) electrons. The summed E-state index contributed by atoms with van der Waals surface area (Å²) in [5.74, 6) is -0.882. The number of aromatic nitrogens is 3. The zero-order valence-electron chi connectivity index (χ0n) is 10.8. The molecule has 0 atom stereocenters. The van der Waals surface area contributed by atoms with Crippen molar-refractivity contribution in [2.24, 2.45) is 0 Å². The zero-order valence-corrected chi connectivity index (χ0v) is 11.7. The molecule has 0 bridgehead atoms. The number of thiazole rings is 1. The van der Waals surface area contributed by atoms with Crippen LogP contribution in [0.2, 0.25) is 0 Å². The number of hydrogen-bond acceptors (Lipinski definition) is 5. The van der Waals surface area contributed by atoms with E-state index in [-0.39, 0.29) is 18.1 Å². The maximum Gasteiger partial charge on any atom is 0.342 e. The Morgan fingerprint density at radius 1 is 1.33 bits per heavy atom. The van der Waals surface area contributed by atoms with E-state index in [1.165, 1.54) is 22.2 Å². The van der Waals surface area contributed by atoms with Crippen LogP contribution in [-0.2, 0) is 6.61 Å². The summed E-state index contributed by atoms with van der Waals surface area (Å²) in [5, 5.41) is 15.2. The molecule has 1 N–H and O–H groups in total. The SMILES string of the molecule is O=C(O)c1cnn(-c2ccccc2)c1OCc1cscn1. The second-order valence-corrected chi connectivity index (χ2v) is 4.90. The van der Waals surface area contributed by atoms with Crippen LogP contribution in [0.15, 0.2) is 47.4 Å². The van der Waals surface area contributed by atoms with Gasteiger partial charge in [0.1, 0.15) is 12.2 Å². The molecule has 106 valence electrons. The summed E-state index contributed by atoms with van der Waals surface area (Å²) < 4.78 is 7.10. The minimum absolute atomic E-state index is 0.0223. The second kappa shape index (κ2) is 5.76. The van der Waals surface area contributed by atoms with E-state index in [4.69, 9.17) is 4.74 Å². The average molecular weight is 301 g/mol. The lowest BCUT2D eigenvalue weighted by atomic mass is 10.3. The van der Waals surface area contributed by atoms with Gasteiger partial charge in [0.15, 0.2) is 0 Å². The van der Waals surface area contributed by atoms with E-state index in [2.05, 4.69) is 10.1 Å². The van der Waals surface area contributed by atoms with Crippen LogP contribution < -0.4 is 4.74 Å². The van der Waals surface area contributed by atoms with Crippen molar-refractivity contribution in [2.45, 2.75) is 6.61 Å². The van der Waals surface area contributed by atoms with Gasteiger partial charge in [-0.3, -0.25) is 0 Å². The van der Waals surface area contributed by atoms with Crippen molar-refractivity contribution in [1.82, 2.24) is 14.8 Å². The van der Waals surface area contributed by atoms with E-state index < -0.39 is 5.97 Å². The van der Waals surface area contributed by atoms with Gasteiger partial charge in [0.2, 0.25) is 5.88 Å². The molecule has 0 saturated carbocycles. The molecule has 6 nitrogen and oxygen atoms in total. The number of carboxylic acids is 1. The largest absolute Gasteiger partial charge is 0.477 e. The molecule has 0 fully saturated rings. The Hall–Kier alpha value is -2.67. The number of ether oxygens (including phenoxy) is 1. The highest BCUT2D eigenvalue weighted by Crippen LogP contribution is 2.23. The maximum absolute atomic E-state index is 11.3. The first-order chi connectivity index (χ1) is 10.3. The molecule has 2 heterocycles. The van der Waals surface area contributed by atoms with E-state index >= 15 is 0 Å². The molecule has 0 unspecified atom stereocenters. The molecule has 0 saturated heterocycles. The molecule has 3 aromatic rings. The second-order valence-electron chi connectivity index (χ2n) is 4.18. The highest BCUT2D eigenvalue weighted by molar-refractivity contribution is 7.07. The van der Waals surface area contributed by atoms with Crippen molar-refractivity contribution in [1.29, 1.82) is 0 Å². The van der Waals surface area contributed by atoms with Crippen LogP contribution in [0, 0.1) is 0 Å². The molecule has 0 aliphatic carbocycles. The number of carboxylic acid groups (broad SMARTS) is 1. The molecule has 7 heteroatoms. The van der Waals surface area contributed by atoms with Crippen LogP contribution >= 0.6 is 11.3 Å². The van der Waals surface area contributed by atoms with Crippen LogP contribution in [0.25, 0.3) is 5.69 Å². The van der Waals surface area contributed by atoms with E-state index in [0.717, 1.165) is 11.4 Å². The van der Waals surface area contributed by atoms with Crippen molar-refractivity contribution in [3.8, 4) is 11.6 Å². The Morgan fingerprint density at radius 2 is 2.14 bits per heavy atom. The van der Waals surface area contributed by atoms with Gasteiger partial charge < -0.3 is 9.84 Å². The Labute approximate surface area is 124 Å². The van der Waals surface area contributed by atoms with Gasteiger partial charge in [-0.05, 0) is 12.1 Å². The van der Waals surface area contributed by atoms with Crippen molar-refractivity contribution < 1.29 is 14.6 Å². The number of rotatable bonds is 5. The number of aromatic carboxylic acids is 1. The summed E-state index contributed by atoms with van der Waals surface area (Å²) in [6.45, 7) is 0.197. The Balaban J connectivity index is 1.95. The maximum atomic E-state index is 11.3. The molecule has 2 aromatic heterocycles. The molecule has 0 aliphatic heterocycles. The Bertz CT molecular complexity index is 738. The van der Waals surface area contributed by atoms with Crippen LogP contribution in [-0.4, -0.2) is 25.8 Å². The third-order valence-corrected chi connectivity index (χ3v) is 3.43. The summed E-state index contributed by atoms with van der Waals surface area (Å²) in [5.41, 5.74) is 3.20. The summed E-state index contributed by atoms with van der Waals surface area (Å²) in [6.07, 6.45) is 1.28. The zero-order chi connectivity index (χ0) is 14.7. The lowest BCUT2D eigenvalue weighted by molar-refractivity contribution is 0.0691. The van der Waals surface area contributed by atoms with Crippen LogP contribution in [0.5, 0.6) is 5.88 Å². The summed E-state index contributed by atoms with van der Waals surface area (Å²) in [6, 6.07) is 9.23. The van der Waals surface area contributed by atoms with E-state index in [1.54, 1.807) is 5.51 Å². The van der Waals surface area contributed by atoms with E-state index in [1.807, 2.05) is 35.7 Å². The standard InChI is InChI=1S/C14H11N3O3S/c18-14(19)12-6-16-17(11-4-2-1-3-5-11)13(12)20-7-10-8-21-9-15-10/h1-6,8-9H,7H2,(H,18,19). The molecule has 3 rings (SSSR count). The summed E-state index contributed by atoms with van der Waals surface area (Å²) in [4.78, 5) is 15.4. The van der Waals surface area contributed by atoms with Gasteiger partial charge in [0, 0.05) is 5.38 Å². The van der Waals surface area contributed by atoms with Gasteiger partial charge in [0.05, 0.1) is 23.1 Å². The van der Waals surface area contributed by atoms with Crippen molar-refractivity contribution >= 4 is 17.3 Å². The molecule has 0 aliphatic rings. The fourth-order valence-corrected chi connectivity index (χ4v) is 2.37. The smallest absolute Gasteiger partial charge is 0.342 e. The fourth-order valence-electron chi connectivity index (χ4n) is 1.83. The van der Waals surface area contributed by atoms with Gasteiger partial charge in [-0.1, -0.05) is 18.2 Å². The Morgan fingerprint density at radius 3 is 2.81 bits per heavy atom. The first-order valence-corrected chi connectivity index (χ1v) is 7.06. The first-order valence-electron chi connectivity index (χ1n) is 6.12. The molecule has 0 spiro atoms. The summed E-state index contributed by atoms with van der Waals surface area (Å²) in [7, 11) is 0. The third-order valence-electron chi connectivity index (χ3n) is 2.80. The molecule has 0 amide bonds. The van der Waals surface area contributed by atoms with Gasteiger partial charge in [-0.2, -0.15) is 5.10 Å². The quantitative estimate of drug-likeness (QED) is 0.784. The van der Waals surface area contributed by atoms with Crippen LogP contribution in [0.3, 0.4) is 0 Å². The number of hydrogen-bond donors (Lipinski definition) is 1. The van der Waals surface area contributed by atoms with E-state index in [0.29, 0.717) is 0 Å². The number of nitrogens with zero attached hydrogens (tertiary/aromatic N) is 3. The van der Waals surface area contributed by atoms with Crippen LogP contribution in [0.1, 0.15) is 16.1 Å². The monoisotopic (exact) mass is 301 g/mol. The first kappa shape index (κ1) is 13.3. The topological polar surface area (TPSA) is 77.2 Å². The lowest BCUT2D eigenvalue weighted by Gasteiger charge is -2.09. The van der Waals surface area contributed by atoms with Crippen molar-refractivity contribution in [2.75, 3.05) is 0 Å². The predicted octanol–water partition coefficient (Wildman–Crippen LogP) is 2.61. The van der Waals surface area contributed by atoms with E-state index in [9.17, 15) is 9.90 Å². The normalized spacial score (nSPS) is 10.5. The highest BCUT2D eigenvalue weighted by atomic mass is 32.1. The number of carbonyl (C=O) groups is 1. The predicted molar refractivity (Wildman–Crippen MR) is 77.0 cm³/mol. The van der Waals surface area contributed by atoms with Crippen molar-refractivity contribution in [3.05, 3.63) is 58.7 Å². The average Bonchev–Trinajstić information content (AvgIpc) is 3.15. The third kappa shape index (κ3) is 2.77. The van der Waals surface area contributed by atoms with Gasteiger partial charge >= 0.3 is 5.97 Å². The minimum atomic E-state index is -1.08. The molecular formula is C14H11N3O3S. The molecular weight excluding hydrogens is 290 g/mol. The van der Waals surface area contributed by atoms with Gasteiger partial charge in [-0.15, -0.1) is 11.3 Å². The number of benzene rings is 1.